The lowest BCUT2D eigenvalue weighted by Gasteiger charge is -2.12. The Morgan fingerprint density at radius 1 is 1.21 bits per heavy atom. The van der Waals surface area contributed by atoms with E-state index in [4.69, 9.17) is 11.5 Å². The van der Waals surface area contributed by atoms with Crippen molar-refractivity contribution in [3.63, 3.8) is 0 Å². The first-order valence-corrected chi connectivity index (χ1v) is 5.59. The molecule has 0 aliphatic rings. The molecule has 0 amide bonds. The molecule has 0 spiro atoms. The van der Waals surface area contributed by atoms with Crippen molar-refractivity contribution in [2.45, 2.75) is 53.0 Å². The zero-order valence-corrected chi connectivity index (χ0v) is 10.0. The maximum Gasteiger partial charge on any atom is 0.152 e. The Bertz CT molecular complexity index is 135. The highest BCUT2D eigenvalue weighted by molar-refractivity contribution is 5.85. The van der Waals surface area contributed by atoms with Gasteiger partial charge in [-0.1, -0.05) is 34.1 Å². The van der Waals surface area contributed by atoms with Crippen molar-refractivity contribution in [1.29, 1.82) is 0 Å². The van der Waals surface area contributed by atoms with Crippen LogP contribution < -0.4 is 11.5 Å². The lowest BCUT2D eigenvalue weighted by atomic mass is 9.98. The fourth-order valence-corrected chi connectivity index (χ4v) is 1.08. The van der Waals surface area contributed by atoms with Gasteiger partial charge in [0.25, 0.3) is 0 Å². The molecule has 14 heavy (non-hydrogen) atoms. The SMILES string of the molecule is CC.CC(C)C(=O)C(N)CCCCN. The number of unbranched alkanes of at least 4 members (excludes halogenated alkanes) is 1. The summed E-state index contributed by atoms with van der Waals surface area (Å²) < 4.78 is 0. The zero-order chi connectivity index (χ0) is 11.6. The van der Waals surface area contributed by atoms with Crippen LogP contribution in [0.15, 0.2) is 0 Å². The molecule has 1 atom stereocenters. The lowest BCUT2D eigenvalue weighted by molar-refractivity contribution is -0.123. The van der Waals surface area contributed by atoms with E-state index in [1.54, 1.807) is 0 Å². The Kier molecular flexibility index (Phi) is 12.2. The molecule has 0 rings (SSSR count). The van der Waals surface area contributed by atoms with Crippen LogP contribution in [0, 0.1) is 5.92 Å². The molecule has 0 saturated heterocycles. The Hall–Kier alpha value is -0.410. The first-order valence-electron chi connectivity index (χ1n) is 5.59. The van der Waals surface area contributed by atoms with Crippen LogP contribution in [0.25, 0.3) is 0 Å². The van der Waals surface area contributed by atoms with Crippen molar-refractivity contribution in [2.24, 2.45) is 17.4 Å². The van der Waals surface area contributed by atoms with Gasteiger partial charge in [0, 0.05) is 5.92 Å². The minimum Gasteiger partial charge on any atom is -0.330 e. The van der Waals surface area contributed by atoms with Gasteiger partial charge < -0.3 is 11.5 Å². The highest BCUT2D eigenvalue weighted by atomic mass is 16.1. The van der Waals surface area contributed by atoms with E-state index < -0.39 is 0 Å². The van der Waals surface area contributed by atoms with Gasteiger partial charge in [0.15, 0.2) is 5.78 Å². The number of hydrogen-bond acceptors (Lipinski definition) is 3. The van der Waals surface area contributed by atoms with Crippen LogP contribution in [0.2, 0.25) is 0 Å². The van der Waals surface area contributed by atoms with E-state index in [9.17, 15) is 4.79 Å². The molecule has 86 valence electrons. The molecule has 1 unspecified atom stereocenters. The fourth-order valence-electron chi connectivity index (χ4n) is 1.08. The number of nitrogens with two attached hydrogens (primary N) is 2. The Morgan fingerprint density at radius 3 is 2.07 bits per heavy atom. The second-order valence-corrected chi connectivity index (χ2v) is 3.45. The number of rotatable bonds is 6. The lowest BCUT2D eigenvalue weighted by Crippen LogP contribution is -2.33. The maximum absolute atomic E-state index is 11.3. The van der Waals surface area contributed by atoms with Crippen molar-refractivity contribution in [1.82, 2.24) is 0 Å². The van der Waals surface area contributed by atoms with Gasteiger partial charge in [0.1, 0.15) is 0 Å². The molecule has 3 heteroatoms. The van der Waals surface area contributed by atoms with Gasteiger partial charge in [-0.25, -0.2) is 0 Å². The van der Waals surface area contributed by atoms with Gasteiger partial charge in [-0.15, -0.1) is 0 Å². The molecule has 0 bridgehead atoms. The first kappa shape index (κ1) is 16.0. The summed E-state index contributed by atoms with van der Waals surface area (Å²) in [6.45, 7) is 8.44. The van der Waals surface area contributed by atoms with Gasteiger partial charge in [0.05, 0.1) is 6.04 Å². The average molecular weight is 202 g/mol. The zero-order valence-electron chi connectivity index (χ0n) is 10.0. The molecular weight excluding hydrogens is 176 g/mol. The van der Waals surface area contributed by atoms with Crippen LogP contribution in [0.4, 0.5) is 0 Å². The van der Waals surface area contributed by atoms with E-state index in [1.165, 1.54) is 0 Å². The summed E-state index contributed by atoms with van der Waals surface area (Å²) in [6, 6.07) is -0.281. The van der Waals surface area contributed by atoms with E-state index in [1.807, 2.05) is 27.7 Å². The number of carbonyl (C=O) groups excluding carboxylic acids is 1. The van der Waals surface area contributed by atoms with Crippen LogP contribution in [0.1, 0.15) is 47.0 Å². The highest BCUT2D eigenvalue weighted by Gasteiger charge is 2.15. The normalized spacial score (nSPS) is 11.9. The minimum absolute atomic E-state index is 0.0536. The topological polar surface area (TPSA) is 69.1 Å². The third-order valence-electron chi connectivity index (χ3n) is 1.90. The Balaban J connectivity index is 0. The Morgan fingerprint density at radius 2 is 1.71 bits per heavy atom. The van der Waals surface area contributed by atoms with Gasteiger partial charge in [0.2, 0.25) is 0 Å². The minimum atomic E-state index is -0.281. The summed E-state index contributed by atoms with van der Waals surface area (Å²) in [7, 11) is 0. The van der Waals surface area contributed by atoms with E-state index >= 15 is 0 Å². The molecule has 4 N–H and O–H groups in total. The molecule has 0 aromatic heterocycles. The standard InChI is InChI=1S/C9H20N2O.C2H6/c1-7(2)9(12)8(11)5-3-4-6-10;1-2/h7-8H,3-6,10-11H2,1-2H3;1-2H3. The molecule has 0 fully saturated rings. The molecule has 0 radical (unpaired) electrons. The summed E-state index contributed by atoms with van der Waals surface area (Å²) in [5.74, 6) is 0.213. The average Bonchev–Trinajstić information content (AvgIpc) is 2.19. The summed E-state index contributed by atoms with van der Waals surface area (Å²) >= 11 is 0. The third-order valence-corrected chi connectivity index (χ3v) is 1.90. The van der Waals surface area contributed by atoms with Crippen molar-refractivity contribution >= 4 is 5.78 Å². The summed E-state index contributed by atoms with van der Waals surface area (Å²) in [5, 5.41) is 0. The molecular formula is C11H26N2O. The summed E-state index contributed by atoms with van der Waals surface area (Å²) in [4.78, 5) is 11.3. The van der Waals surface area contributed by atoms with E-state index in [-0.39, 0.29) is 17.7 Å². The predicted octanol–water partition coefficient (Wildman–Crippen LogP) is 1.69. The number of hydrogen-bond donors (Lipinski definition) is 2. The van der Waals surface area contributed by atoms with Crippen LogP contribution in [0.5, 0.6) is 0 Å². The van der Waals surface area contributed by atoms with Crippen molar-refractivity contribution in [3.05, 3.63) is 0 Å². The third kappa shape index (κ3) is 8.20. The van der Waals surface area contributed by atoms with Crippen LogP contribution in [-0.4, -0.2) is 18.4 Å². The van der Waals surface area contributed by atoms with Gasteiger partial charge >= 0.3 is 0 Å². The summed E-state index contributed by atoms with van der Waals surface area (Å²) in [5.41, 5.74) is 11.0. The number of ketones is 1. The van der Waals surface area contributed by atoms with Crippen molar-refractivity contribution in [2.75, 3.05) is 6.54 Å². The van der Waals surface area contributed by atoms with Crippen molar-refractivity contribution in [3.8, 4) is 0 Å². The Labute approximate surface area is 88.2 Å². The monoisotopic (exact) mass is 202 g/mol. The quantitative estimate of drug-likeness (QED) is 0.644. The predicted molar refractivity (Wildman–Crippen MR) is 62.1 cm³/mol. The molecule has 0 saturated carbocycles. The van der Waals surface area contributed by atoms with E-state index in [2.05, 4.69) is 0 Å². The molecule has 0 heterocycles. The van der Waals surface area contributed by atoms with Gasteiger partial charge in [-0.2, -0.15) is 0 Å². The van der Waals surface area contributed by atoms with E-state index in [0.29, 0.717) is 6.54 Å². The van der Waals surface area contributed by atoms with Crippen LogP contribution >= 0.6 is 0 Å². The van der Waals surface area contributed by atoms with Crippen LogP contribution in [-0.2, 0) is 4.79 Å². The highest BCUT2D eigenvalue weighted by Crippen LogP contribution is 2.04. The molecule has 0 aliphatic carbocycles. The number of Topliss-reactive ketones (excluding diaryl/α,β-unsaturated/α-hetero) is 1. The second-order valence-electron chi connectivity index (χ2n) is 3.45. The molecule has 0 aromatic carbocycles. The molecule has 0 aromatic rings. The first-order chi connectivity index (χ1) is 6.59. The van der Waals surface area contributed by atoms with Crippen LogP contribution in [0.3, 0.4) is 0 Å². The second kappa shape index (κ2) is 10.7. The van der Waals surface area contributed by atoms with Crippen molar-refractivity contribution < 1.29 is 4.79 Å². The molecule has 0 aliphatic heterocycles. The van der Waals surface area contributed by atoms with E-state index in [0.717, 1.165) is 19.3 Å². The summed E-state index contributed by atoms with van der Waals surface area (Å²) in [6.07, 6.45) is 2.68. The fraction of sp³-hybridized carbons (Fsp3) is 0.909. The van der Waals surface area contributed by atoms with Gasteiger partial charge in [-0.05, 0) is 19.4 Å². The smallest absolute Gasteiger partial charge is 0.152 e. The van der Waals surface area contributed by atoms with Gasteiger partial charge in [-0.3, -0.25) is 4.79 Å². The molecule has 3 nitrogen and oxygen atoms in total. The maximum atomic E-state index is 11.3. The number of carbonyl (C=O) groups is 1. The largest absolute Gasteiger partial charge is 0.330 e.